The molecule has 146 valence electrons. The van der Waals surface area contributed by atoms with Gasteiger partial charge in [0, 0.05) is 28.6 Å². The van der Waals surface area contributed by atoms with Crippen LogP contribution in [0.4, 0.5) is 5.88 Å². The summed E-state index contributed by atoms with van der Waals surface area (Å²) in [5.41, 5.74) is 5.27. The van der Waals surface area contributed by atoms with Crippen LogP contribution in [0.15, 0.2) is 64.3 Å². The number of hydrogen-bond acceptors (Lipinski definition) is 5. The van der Waals surface area contributed by atoms with Crippen molar-refractivity contribution in [2.45, 2.75) is 31.6 Å². The number of aromatic nitrogens is 1. The fourth-order valence-electron chi connectivity index (χ4n) is 4.47. The molecule has 0 fully saturated rings. The Labute approximate surface area is 173 Å². The van der Waals surface area contributed by atoms with E-state index in [0.717, 1.165) is 33.7 Å². The molecule has 5 nitrogen and oxygen atoms in total. The number of ketones is 1. The van der Waals surface area contributed by atoms with Crippen LogP contribution in [-0.2, 0) is 4.79 Å². The SMILES string of the molecule is Cc1noc2c1C(c1cccc(Cl)c1)C1=C(CC(c3ccc(O)cc3)CC1=O)N2. The number of allylic oxidation sites excluding steroid dienone is 2. The average Bonchev–Trinajstić information content (AvgIpc) is 3.07. The van der Waals surface area contributed by atoms with E-state index >= 15 is 0 Å². The van der Waals surface area contributed by atoms with Crippen LogP contribution in [0.1, 0.15) is 47.1 Å². The Morgan fingerprint density at radius 3 is 2.69 bits per heavy atom. The third-order valence-electron chi connectivity index (χ3n) is 5.80. The van der Waals surface area contributed by atoms with E-state index in [2.05, 4.69) is 10.5 Å². The number of nitrogens with one attached hydrogen (secondary N) is 1. The van der Waals surface area contributed by atoms with Gasteiger partial charge in [0.1, 0.15) is 5.75 Å². The highest BCUT2D eigenvalue weighted by molar-refractivity contribution is 6.30. The topological polar surface area (TPSA) is 75.4 Å². The van der Waals surface area contributed by atoms with E-state index in [0.29, 0.717) is 23.7 Å². The van der Waals surface area contributed by atoms with Gasteiger partial charge in [-0.1, -0.05) is 41.0 Å². The highest BCUT2D eigenvalue weighted by Gasteiger charge is 2.41. The van der Waals surface area contributed by atoms with Gasteiger partial charge in [-0.2, -0.15) is 0 Å². The molecule has 2 unspecified atom stereocenters. The third kappa shape index (κ3) is 3.02. The predicted octanol–water partition coefficient (Wildman–Crippen LogP) is 5.30. The quantitative estimate of drug-likeness (QED) is 0.604. The van der Waals surface area contributed by atoms with Crippen molar-refractivity contribution >= 4 is 23.3 Å². The standard InChI is InChI=1S/C23H19ClN2O3/c1-12-20-21(14-3-2-4-16(24)9-14)22-18(25-23(20)29-26-12)10-15(11-19(22)28)13-5-7-17(27)8-6-13/h2-9,15,21,25,27H,10-11H2,1H3. The maximum Gasteiger partial charge on any atom is 0.233 e. The molecule has 6 heteroatoms. The summed E-state index contributed by atoms with van der Waals surface area (Å²) in [6.07, 6.45) is 1.10. The van der Waals surface area contributed by atoms with Gasteiger partial charge in [-0.05, 0) is 54.7 Å². The van der Waals surface area contributed by atoms with Crippen molar-refractivity contribution in [3.05, 3.63) is 87.2 Å². The first-order valence-corrected chi connectivity index (χ1v) is 9.93. The molecule has 0 radical (unpaired) electrons. The first-order chi connectivity index (χ1) is 14.0. The van der Waals surface area contributed by atoms with Gasteiger partial charge < -0.3 is 14.9 Å². The van der Waals surface area contributed by atoms with Crippen molar-refractivity contribution in [1.29, 1.82) is 0 Å². The Balaban J connectivity index is 1.62. The smallest absolute Gasteiger partial charge is 0.233 e. The third-order valence-corrected chi connectivity index (χ3v) is 6.04. The zero-order chi connectivity index (χ0) is 20.1. The number of Topliss-reactive ketones (excluding diaryl/α,β-unsaturated/α-hetero) is 1. The summed E-state index contributed by atoms with van der Waals surface area (Å²) >= 11 is 6.26. The number of phenols is 1. The number of anilines is 1. The number of hydrogen-bond donors (Lipinski definition) is 2. The minimum atomic E-state index is -0.250. The van der Waals surface area contributed by atoms with Crippen LogP contribution in [0, 0.1) is 6.92 Å². The van der Waals surface area contributed by atoms with Crippen LogP contribution in [0.3, 0.4) is 0 Å². The summed E-state index contributed by atoms with van der Waals surface area (Å²) in [7, 11) is 0. The monoisotopic (exact) mass is 406 g/mol. The van der Waals surface area contributed by atoms with Crippen LogP contribution < -0.4 is 5.32 Å². The molecule has 0 amide bonds. The maximum atomic E-state index is 13.4. The summed E-state index contributed by atoms with van der Waals surface area (Å²) in [4.78, 5) is 13.4. The zero-order valence-corrected chi connectivity index (χ0v) is 16.5. The molecule has 2 N–H and O–H groups in total. The van der Waals surface area contributed by atoms with Gasteiger partial charge in [0.25, 0.3) is 0 Å². The van der Waals surface area contributed by atoms with Gasteiger partial charge in [0.2, 0.25) is 5.88 Å². The normalized spacial score (nSPS) is 20.8. The Bertz CT molecular complexity index is 1150. The van der Waals surface area contributed by atoms with Crippen molar-refractivity contribution in [2.24, 2.45) is 0 Å². The largest absolute Gasteiger partial charge is 0.508 e. The molecule has 1 aliphatic carbocycles. The molecule has 3 aromatic rings. The van der Waals surface area contributed by atoms with E-state index in [4.69, 9.17) is 16.1 Å². The lowest BCUT2D eigenvalue weighted by Crippen LogP contribution is -2.29. The second kappa shape index (κ2) is 6.78. The van der Waals surface area contributed by atoms with Crippen molar-refractivity contribution < 1.29 is 14.4 Å². The number of benzene rings is 2. The van der Waals surface area contributed by atoms with E-state index in [1.54, 1.807) is 12.1 Å². The second-order valence-corrected chi connectivity index (χ2v) is 8.07. The summed E-state index contributed by atoms with van der Waals surface area (Å²) in [6, 6.07) is 14.7. The molecule has 1 aromatic heterocycles. The number of carbonyl (C=O) groups excluding carboxylic acids is 1. The molecule has 5 rings (SSSR count). The van der Waals surface area contributed by atoms with E-state index in [9.17, 15) is 9.90 Å². The number of carbonyl (C=O) groups is 1. The molecular weight excluding hydrogens is 388 g/mol. The van der Waals surface area contributed by atoms with Crippen molar-refractivity contribution in [3.8, 4) is 5.75 Å². The molecule has 0 saturated carbocycles. The Morgan fingerprint density at radius 1 is 1.14 bits per heavy atom. The minimum absolute atomic E-state index is 0.0416. The van der Waals surface area contributed by atoms with Crippen molar-refractivity contribution in [1.82, 2.24) is 5.16 Å². The molecule has 2 atom stereocenters. The van der Waals surface area contributed by atoms with Crippen molar-refractivity contribution in [2.75, 3.05) is 5.32 Å². The molecule has 2 aliphatic rings. The zero-order valence-electron chi connectivity index (χ0n) is 15.8. The number of nitrogens with zero attached hydrogens (tertiary/aromatic N) is 1. The molecular formula is C23H19ClN2O3. The van der Waals surface area contributed by atoms with Crippen LogP contribution >= 0.6 is 11.6 Å². The van der Waals surface area contributed by atoms with Gasteiger partial charge >= 0.3 is 0 Å². The Hall–Kier alpha value is -3.05. The fraction of sp³-hybridized carbons (Fsp3) is 0.217. The summed E-state index contributed by atoms with van der Waals surface area (Å²) < 4.78 is 5.54. The van der Waals surface area contributed by atoms with Gasteiger partial charge in [-0.25, -0.2) is 0 Å². The average molecular weight is 407 g/mol. The van der Waals surface area contributed by atoms with E-state index in [-0.39, 0.29) is 23.4 Å². The Morgan fingerprint density at radius 2 is 1.93 bits per heavy atom. The second-order valence-electron chi connectivity index (χ2n) is 7.64. The van der Waals surface area contributed by atoms with Crippen molar-refractivity contribution in [3.63, 3.8) is 0 Å². The molecule has 0 bridgehead atoms. The summed E-state index contributed by atoms with van der Waals surface area (Å²) in [5.74, 6) is 0.701. The summed E-state index contributed by atoms with van der Waals surface area (Å²) in [5, 5.41) is 17.7. The number of aryl methyl sites for hydroxylation is 1. The van der Waals surface area contributed by atoms with Gasteiger partial charge in [-0.3, -0.25) is 4.79 Å². The predicted molar refractivity (Wildman–Crippen MR) is 110 cm³/mol. The van der Waals surface area contributed by atoms with E-state index < -0.39 is 0 Å². The number of aromatic hydroxyl groups is 1. The molecule has 2 heterocycles. The number of fused-ring (bicyclic) bond motifs is 1. The lowest BCUT2D eigenvalue weighted by Gasteiger charge is -2.34. The molecule has 1 aliphatic heterocycles. The van der Waals surface area contributed by atoms with Gasteiger partial charge in [-0.15, -0.1) is 0 Å². The van der Waals surface area contributed by atoms with Crippen LogP contribution in [0.5, 0.6) is 5.75 Å². The minimum Gasteiger partial charge on any atom is -0.508 e. The summed E-state index contributed by atoms with van der Waals surface area (Å²) in [6.45, 7) is 1.89. The first kappa shape index (κ1) is 18.0. The lowest BCUT2D eigenvalue weighted by molar-refractivity contribution is -0.116. The maximum absolute atomic E-state index is 13.4. The van der Waals surface area contributed by atoms with Crippen LogP contribution in [0.25, 0.3) is 0 Å². The van der Waals surface area contributed by atoms with Crippen LogP contribution in [0.2, 0.25) is 5.02 Å². The molecule has 0 spiro atoms. The molecule has 0 saturated heterocycles. The van der Waals surface area contributed by atoms with E-state index in [1.807, 2.05) is 43.3 Å². The highest BCUT2D eigenvalue weighted by Crippen LogP contribution is 2.49. The number of halogens is 1. The Kier molecular flexibility index (Phi) is 4.21. The molecule has 29 heavy (non-hydrogen) atoms. The van der Waals surface area contributed by atoms with Gasteiger partial charge in [0.15, 0.2) is 5.78 Å². The molecule has 2 aromatic carbocycles. The number of rotatable bonds is 2. The lowest BCUT2D eigenvalue weighted by atomic mass is 9.72. The number of phenolic OH excluding ortho intramolecular Hbond substituents is 1. The highest BCUT2D eigenvalue weighted by atomic mass is 35.5. The van der Waals surface area contributed by atoms with Crippen LogP contribution in [-0.4, -0.2) is 16.0 Å². The van der Waals surface area contributed by atoms with Gasteiger partial charge in [0.05, 0.1) is 11.3 Å². The fourth-order valence-corrected chi connectivity index (χ4v) is 4.67. The van der Waals surface area contributed by atoms with E-state index in [1.165, 1.54) is 0 Å². The first-order valence-electron chi connectivity index (χ1n) is 9.55.